The van der Waals surface area contributed by atoms with Crippen LogP contribution in [0.15, 0.2) is 17.5 Å². The molecule has 0 unspecified atom stereocenters. The zero-order valence-electron chi connectivity index (χ0n) is 11.6. The van der Waals surface area contributed by atoms with Crippen molar-refractivity contribution in [2.45, 2.75) is 33.1 Å². The van der Waals surface area contributed by atoms with Crippen LogP contribution in [0.4, 0.5) is 0 Å². The van der Waals surface area contributed by atoms with E-state index in [-0.39, 0.29) is 11.8 Å². The molecular formula is C14H22N2O2S. The lowest BCUT2D eigenvalue weighted by Crippen LogP contribution is -2.38. The molecule has 0 fully saturated rings. The van der Waals surface area contributed by atoms with E-state index in [0.717, 1.165) is 24.3 Å². The fraction of sp³-hybridized carbons (Fsp3) is 0.571. The molecule has 1 N–H and O–H groups in total. The quantitative estimate of drug-likeness (QED) is 0.793. The summed E-state index contributed by atoms with van der Waals surface area (Å²) in [7, 11) is 0. The van der Waals surface area contributed by atoms with E-state index in [4.69, 9.17) is 0 Å². The number of hydrogen-bond acceptors (Lipinski definition) is 3. The van der Waals surface area contributed by atoms with E-state index in [1.807, 2.05) is 17.5 Å². The summed E-state index contributed by atoms with van der Waals surface area (Å²) in [5.74, 6) is 0.0856. The van der Waals surface area contributed by atoms with Gasteiger partial charge in [0, 0.05) is 31.4 Å². The van der Waals surface area contributed by atoms with Gasteiger partial charge in [-0.1, -0.05) is 19.4 Å². The molecule has 0 saturated carbocycles. The van der Waals surface area contributed by atoms with E-state index in [0.29, 0.717) is 19.5 Å². The Kier molecular flexibility index (Phi) is 7.18. The minimum absolute atomic E-state index is 0.0152. The van der Waals surface area contributed by atoms with Gasteiger partial charge in [0.15, 0.2) is 0 Å². The van der Waals surface area contributed by atoms with Crippen LogP contribution < -0.4 is 5.32 Å². The Morgan fingerprint density at radius 3 is 2.74 bits per heavy atom. The molecular weight excluding hydrogens is 260 g/mol. The first-order chi connectivity index (χ1) is 9.13. The van der Waals surface area contributed by atoms with Gasteiger partial charge in [-0.15, -0.1) is 11.3 Å². The molecule has 106 valence electrons. The second-order valence-electron chi connectivity index (χ2n) is 4.47. The highest BCUT2D eigenvalue weighted by Crippen LogP contribution is 2.08. The number of thiophene rings is 1. The van der Waals surface area contributed by atoms with Crippen molar-refractivity contribution in [3.63, 3.8) is 0 Å². The average Bonchev–Trinajstić information content (AvgIpc) is 2.85. The minimum Gasteiger partial charge on any atom is -0.354 e. The summed E-state index contributed by atoms with van der Waals surface area (Å²) in [5.41, 5.74) is 0. The van der Waals surface area contributed by atoms with Crippen LogP contribution >= 0.6 is 11.3 Å². The van der Waals surface area contributed by atoms with Crippen LogP contribution in [-0.2, 0) is 16.0 Å². The maximum absolute atomic E-state index is 11.7. The van der Waals surface area contributed by atoms with Crippen molar-refractivity contribution in [2.24, 2.45) is 0 Å². The van der Waals surface area contributed by atoms with Gasteiger partial charge in [-0.25, -0.2) is 0 Å². The highest BCUT2D eigenvalue weighted by molar-refractivity contribution is 7.10. The van der Waals surface area contributed by atoms with Crippen LogP contribution in [0.1, 0.15) is 31.6 Å². The smallest absolute Gasteiger partial charge is 0.225 e. The number of nitrogens with zero attached hydrogens (tertiary/aromatic N) is 1. The Bertz CT molecular complexity index is 390. The third-order valence-corrected chi connectivity index (χ3v) is 3.72. The lowest BCUT2D eigenvalue weighted by atomic mass is 10.3. The van der Waals surface area contributed by atoms with E-state index in [1.165, 1.54) is 0 Å². The molecule has 0 aliphatic heterocycles. The van der Waals surface area contributed by atoms with Crippen molar-refractivity contribution in [3.05, 3.63) is 22.4 Å². The predicted molar refractivity (Wildman–Crippen MR) is 78.2 cm³/mol. The van der Waals surface area contributed by atoms with E-state index >= 15 is 0 Å². The third kappa shape index (κ3) is 6.38. The van der Waals surface area contributed by atoms with Crippen molar-refractivity contribution in [1.29, 1.82) is 0 Å². The number of nitrogens with one attached hydrogen (secondary N) is 1. The van der Waals surface area contributed by atoms with Crippen LogP contribution in [0.25, 0.3) is 0 Å². The molecule has 1 heterocycles. The van der Waals surface area contributed by atoms with Crippen LogP contribution in [-0.4, -0.2) is 36.3 Å². The number of rotatable bonds is 8. The molecule has 4 nitrogen and oxygen atoms in total. The van der Waals surface area contributed by atoms with Gasteiger partial charge in [0.05, 0.1) is 6.42 Å². The van der Waals surface area contributed by atoms with Crippen LogP contribution in [0, 0.1) is 0 Å². The van der Waals surface area contributed by atoms with E-state index in [2.05, 4.69) is 12.2 Å². The SMILES string of the molecule is CCCCN(CCNC(=O)Cc1cccs1)C(C)=O. The molecule has 0 radical (unpaired) electrons. The first-order valence-electron chi connectivity index (χ1n) is 6.68. The Morgan fingerprint density at radius 1 is 1.37 bits per heavy atom. The van der Waals surface area contributed by atoms with Crippen LogP contribution in [0.5, 0.6) is 0 Å². The summed E-state index contributed by atoms with van der Waals surface area (Å²) in [6, 6.07) is 3.89. The maximum Gasteiger partial charge on any atom is 0.225 e. The fourth-order valence-corrected chi connectivity index (χ4v) is 2.44. The van der Waals surface area contributed by atoms with Crippen LogP contribution in [0.2, 0.25) is 0 Å². The van der Waals surface area contributed by atoms with Gasteiger partial charge in [0.25, 0.3) is 0 Å². The molecule has 5 heteroatoms. The number of carbonyl (C=O) groups excluding carboxylic acids is 2. The molecule has 2 amide bonds. The highest BCUT2D eigenvalue weighted by atomic mass is 32.1. The van der Waals surface area contributed by atoms with Gasteiger partial charge in [-0.3, -0.25) is 9.59 Å². The summed E-state index contributed by atoms with van der Waals surface area (Å²) < 4.78 is 0. The van der Waals surface area contributed by atoms with Crippen molar-refractivity contribution in [2.75, 3.05) is 19.6 Å². The summed E-state index contributed by atoms with van der Waals surface area (Å²) in [4.78, 5) is 25.9. The average molecular weight is 282 g/mol. The number of carbonyl (C=O) groups is 2. The molecule has 0 aliphatic rings. The molecule has 1 aromatic rings. The first-order valence-corrected chi connectivity index (χ1v) is 7.56. The van der Waals surface area contributed by atoms with Crippen molar-refractivity contribution in [1.82, 2.24) is 10.2 Å². The maximum atomic E-state index is 11.7. The molecule has 0 bridgehead atoms. The van der Waals surface area contributed by atoms with Crippen molar-refractivity contribution < 1.29 is 9.59 Å². The van der Waals surface area contributed by atoms with E-state index in [9.17, 15) is 9.59 Å². The van der Waals surface area contributed by atoms with Gasteiger partial charge >= 0.3 is 0 Å². The third-order valence-electron chi connectivity index (χ3n) is 2.85. The Balaban J connectivity index is 2.23. The van der Waals surface area contributed by atoms with E-state index in [1.54, 1.807) is 23.2 Å². The fourth-order valence-electron chi connectivity index (χ4n) is 1.74. The molecule has 0 saturated heterocycles. The molecule has 0 atom stereocenters. The second-order valence-corrected chi connectivity index (χ2v) is 5.50. The molecule has 1 rings (SSSR count). The standard InChI is InChI=1S/C14H22N2O2S/c1-3-4-8-16(12(2)17)9-7-15-14(18)11-13-6-5-10-19-13/h5-6,10H,3-4,7-9,11H2,1-2H3,(H,15,18). The van der Waals surface area contributed by atoms with Gasteiger partial charge in [0.2, 0.25) is 11.8 Å². The number of amides is 2. The molecule has 1 aromatic heterocycles. The largest absolute Gasteiger partial charge is 0.354 e. The zero-order valence-corrected chi connectivity index (χ0v) is 12.5. The zero-order chi connectivity index (χ0) is 14.1. The molecule has 0 spiro atoms. The molecule has 0 aromatic carbocycles. The molecule has 0 aliphatic carbocycles. The van der Waals surface area contributed by atoms with Gasteiger partial charge in [-0.05, 0) is 17.9 Å². The lowest BCUT2D eigenvalue weighted by Gasteiger charge is -2.20. The first kappa shape index (κ1) is 15.7. The number of unbranched alkanes of at least 4 members (excludes halogenated alkanes) is 1. The van der Waals surface area contributed by atoms with Crippen molar-refractivity contribution in [3.8, 4) is 0 Å². The number of hydrogen-bond donors (Lipinski definition) is 1. The molecule has 19 heavy (non-hydrogen) atoms. The monoisotopic (exact) mass is 282 g/mol. The van der Waals surface area contributed by atoms with Crippen LogP contribution in [0.3, 0.4) is 0 Å². The summed E-state index contributed by atoms with van der Waals surface area (Å²) in [5, 5.41) is 4.82. The minimum atomic E-state index is 0.0152. The van der Waals surface area contributed by atoms with Crippen molar-refractivity contribution >= 4 is 23.2 Å². The topological polar surface area (TPSA) is 49.4 Å². The van der Waals surface area contributed by atoms with Gasteiger partial charge < -0.3 is 10.2 Å². The Hall–Kier alpha value is -1.36. The van der Waals surface area contributed by atoms with E-state index < -0.39 is 0 Å². The summed E-state index contributed by atoms with van der Waals surface area (Å²) >= 11 is 1.58. The normalized spacial score (nSPS) is 10.2. The Morgan fingerprint density at radius 2 is 2.16 bits per heavy atom. The predicted octanol–water partition coefficient (Wildman–Crippen LogP) is 2.06. The highest BCUT2D eigenvalue weighted by Gasteiger charge is 2.09. The Labute approximate surface area is 118 Å². The van der Waals surface area contributed by atoms with Gasteiger partial charge in [-0.2, -0.15) is 0 Å². The second kappa shape index (κ2) is 8.69. The summed E-state index contributed by atoms with van der Waals surface area (Å²) in [6.07, 6.45) is 2.49. The van der Waals surface area contributed by atoms with Gasteiger partial charge in [0.1, 0.15) is 0 Å². The summed E-state index contributed by atoms with van der Waals surface area (Å²) in [6.45, 7) is 5.55. The lowest BCUT2D eigenvalue weighted by molar-refractivity contribution is -0.129.